The molecule has 144 valence electrons. The Balaban J connectivity index is 1.65. The largest absolute Gasteiger partial charge is 0.342 e. The van der Waals surface area contributed by atoms with Crippen molar-refractivity contribution in [3.8, 4) is 0 Å². The van der Waals surface area contributed by atoms with Gasteiger partial charge in [-0.2, -0.15) is 0 Å². The zero-order valence-electron chi connectivity index (χ0n) is 16.4. The Morgan fingerprint density at radius 1 is 1.04 bits per heavy atom. The molecule has 3 heteroatoms. The molecule has 3 nitrogen and oxygen atoms in total. The van der Waals surface area contributed by atoms with E-state index in [0.29, 0.717) is 24.2 Å². The molecule has 1 heterocycles. The first-order valence-corrected chi connectivity index (χ1v) is 10.2. The zero-order chi connectivity index (χ0) is 18.9. The average molecular weight is 365 g/mol. The summed E-state index contributed by atoms with van der Waals surface area (Å²) in [5.41, 5.74) is 2.64. The average Bonchev–Trinajstić information content (AvgIpc) is 2.70. The van der Waals surface area contributed by atoms with E-state index in [-0.39, 0.29) is 0 Å². The summed E-state index contributed by atoms with van der Waals surface area (Å²) in [6, 6.07) is 21.1. The van der Waals surface area contributed by atoms with Gasteiger partial charge in [0.1, 0.15) is 0 Å². The second kappa shape index (κ2) is 10.3. The lowest BCUT2D eigenvalue weighted by Gasteiger charge is -2.33. The van der Waals surface area contributed by atoms with Gasteiger partial charge in [0.15, 0.2) is 0 Å². The van der Waals surface area contributed by atoms with Gasteiger partial charge in [0.05, 0.1) is 0 Å². The van der Waals surface area contributed by atoms with Gasteiger partial charge in [-0.25, -0.2) is 0 Å². The molecule has 2 aromatic rings. The molecule has 0 spiro atoms. The molecule has 1 fully saturated rings. The smallest absolute Gasteiger partial charge is 0.222 e. The predicted octanol–water partition coefficient (Wildman–Crippen LogP) is 3.94. The van der Waals surface area contributed by atoms with Gasteiger partial charge < -0.3 is 10.2 Å². The number of carbonyl (C=O) groups excluding carboxylic acids is 1. The van der Waals surface area contributed by atoms with Crippen LogP contribution in [0.25, 0.3) is 0 Å². The molecular formula is C24H32N2O. The van der Waals surface area contributed by atoms with Gasteiger partial charge in [-0.15, -0.1) is 0 Å². The quantitative estimate of drug-likeness (QED) is 0.769. The summed E-state index contributed by atoms with van der Waals surface area (Å²) in [4.78, 5) is 15.1. The number of hydrogen-bond acceptors (Lipinski definition) is 2. The standard InChI is InChI=1S/C24H32N2O/c1-25-18-22-13-8-14-26(19-22)24(27)17-23(15-20-9-4-2-5-10-20)16-21-11-6-3-7-12-21/h2-7,9-12,22-23,25H,8,13-19H2,1H3. The van der Waals surface area contributed by atoms with Crippen molar-refractivity contribution in [1.82, 2.24) is 10.2 Å². The number of hydrogen-bond donors (Lipinski definition) is 1. The van der Waals surface area contributed by atoms with Crippen LogP contribution in [-0.4, -0.2) is 37.5 Å². The summed E-state index contributed by atoms with van der Waals surface area (Å²) in [6.07, 6.45) is 4.89. The first kappa shape index (κ1) is 19.6. The number of rotatable bonds is 8. The Hall–Kier alpha value is -2.13. The summed E-state index contributed by atoms with van der Waals surface area (Å²) < 4.78 is 0. The molecule has 1 aliphatic rings. The maximum Gasteiger partial charge on any atom is 0.222 e. The molecule has 0 saturated carbocycles. The van der Waals surface area contributed by atoms with E-state index in [1.807, 2.05) is 7.05 Å². The van der Waals surface area contributed by atoms with Crippen LogP contribution in [0.5, 0.6) is 0 Å². The third-order valence-electron chi connectivity index (χ3n) is 5.56. The minimum Gasteiger partial charge on any atom is -0.342 e. The molecule has 1 N–H and O–H groups in total. The van der Waals surface area contributed by atoms with E-state index in [9.17, 15) is 4.79 Å². The lowest BCUT2D eigenvalue weighted by Crippen LogP contribution is -2.43. The number of nitrogens with zero attached hydrogens (tertiary/aromatic N) is 1. The highest BCUT2D eigenvalue weighted by atomic mass is 16.2. The number of likely N-dealkylation sites (tertiary alicyclic amines) is 1. The van der Waals surface area contributed by atoms with Crippen LogP contribution in [0.2, 0.25) is 0 Å². The molecule has 2 aromatic carbocycles. The highest BCUT2D eigenvalue weighted by molar-refractivity contribution is 5.76. The Kier molecular flexibility index (Phi) is 7.46. The van der Waals surface area contributed by atoms with Crippen molar-refractivity contribution in [3.05, 3.63) is 71.8 Å². The lowest BCUT2D eigenvalue weighted by atomic mass is 9.89. The zero-order valence-corrected chi connectivity index (χ0v) is 16.4. The van der Waals surface area contributed by atoms with Gasteiger partial charge in [-0.05, 0) is 62.2 Å². The monoisotopic (exact) mass is 364 g/mol. The second-order valence-electron chi connectivity index (χ2n) is 7.86. The van der Waals surface area contributed by atoms with Gasteiger partial charge in [-0.3, -0.25) is 4.79 Å². The molecule has 0 radical (unpaired) electrons. The lowest BCUT2D eigenvalue weighted by molar-refractivity contribution is -0.134. The van der Waals surface area contributed by atoms with Gasteiger partial charge in [0, 0.05) is 19.5 Å². The maximum absolute atomic E-state index is 13.0. The van der Waals surface area contributed by atoms with Crippen LogP contribution in [0, 0.1) is 11.8 Å². The highest BCUT2D eigenvalue weighted by Gasteiger charge is 2.25. The van der Waals surface area contributed by atoms with E-state index in [2.05, 4.69) is 70.9 Å². The molecular weight excluding hydrogens is 332 g/mol. The Labute approximate surface area is 163 Å². The molecule has 0 aliphatic carbocycles. The fourth-order valence-electron chi connectivity index (χ4n) is 4.23. The Bertz CT molecular complexity index is 643. The van der Waals surface area contributed by atoms with Crippen LogP contribution in [0.4, 0.5) is 0 Å². The maximum atomic E-state index is 13.0. The molecule has 1 saturated heterocycles. The fraction of sp³-hybridized carbons (Fsp3) is 0.458. The van der Waals surface area contributed by atoms with E-state index in [1.54, 1.807) is 0 Å². The summed E-state index contributed by atoms with van der Waals surface area (Å²) in [5.74, 6) is 1.26. The summed E-state index contributed by atoms with van der Waals surface area (Å²) in [7, 11) is 2.00. The van der Waals surface area contributed by atoms with Crippen LogP contribution < -0.4 is 5.32 Å². The molecule has 27 heavy (non-hydrogen) atoms. The van der Waals surface area contributed by atoms with E-state index in [1.165, 1.54) is 17.5 Å². The number of nitrogens with one attached hydrogen (secondary N) is 1. The van der Waals surface area contributed by atoms with E-state index in [0.717, 1.165) is 38.9 Å². The van der Waals surface area contributed by atoms with Crippen molar-refractivity contribution in [2.24, 2.45) is 11.8 Å². The second-order valence-corrected chi connectivity index (χ2v) is 7.86. The molecule has 0 bridgehead atoms. The van der Waals surface area contributed by atoms with Crippen molar-refractivity contribution in [1.29, 1.82) is 0 Å². The van der Waals surface area contributed by atoms with Crippen LogP contribution in [-0.2, 0) is 17.6 Å². The highest BCUT2D eigenvalue weighted by Crippen LogP contribution is 2.22. The first-order valence-electron chi connectivity index (χ1n) is 10.2. The van der Waals surface area contributed by atoms with Crippen molar-refractivity contribution < 1.29 is 4.79 Å². The van der Waals surface area contributed by atoms with Crippen LogP contribution in [0.3, 0.4) is 0 Å². The van der Waals surface area contributed by atoms with Gasteiger partial charge in [0.2, 0.25) is 5.91 Å². The van der Waals surface area contributed by atoms with Crippen LogP contribution >= 0.6 is 0 Å². The Morgan fingerprint density at radius 2 is 1.63 bits per heavy atom. The van der Waals surface area contributed by atoms with Crippen molar-refractivity contribution in [2.45, 2.75) is 32.1 Å². The Morgan fingerprint density at radius 3 is 2.19 bits per heavy atom. The number of benzene rings is 2. The normalized spacial score (nSPS) is 17.3. The summed E-state index contributed by atoms with van der Waals surface area (Å²) in [5, 5.41) is 3.27. The topological polar surface area (TPSA) is 32.3 Å². The SMILES string of the molecule is CNCC1CCCN(C(=O)CC(Cc2ccccc2)Cc2ccccc2)C1. The third kappa shape index (κ3) is 6.21. The van der Waals surface area contributed by atoms with Gasteiger partial charge in [-0.1, -0.05) is 60.7 Å². The first-order chi connectivity index (χ1) is 13.2. The van der Waals surface area contributed by atoms with Crippen LogP contribution in [0.15, 0.2) is 60.7 Å². The molecule has 1 atom stereocenters. The molecule has 0 aromatic heterocycles. The molecule has 1 unspecified atom stereocenters. The van der Waals surface area contributed by atoms with E-state index in [4.69, 9.17) is 0 Å². The molecule has 1 aliphatic heterocycles. The van der Waals surface area contributed by atoms with Gasteiger partial charge >= 0.3 is 0 Å². The fourth-order valence-corrected chi connectivity index (χ4v) is 4.23. The molecule has 1 amide bonds. The van der Waals surface area contributed by atoms with Crippen molar-refractivity contribution in [3.63, 3.8) is 0 Å². The molecule has 3 rings (SSSR count). The number of amides is 1. The third-order valence-corrected chi connectivity index (χ3v) is 5.56. The van der Waals surface area contributed by atoms with Gasteiger partial charge in [0.25, 0.3) is 0 Å². The van der Waals surface area contributed by atoms with Crippen molar-refractivity contribution >= 4 is 5.91 Å². The van der Waals surface area contributed by atoms with Crippen molar-refractivity contribution in [2.75, 3.05) is 26.7 Å². The van der Waals surface area contributed by atoms with E-state index >= 15 is 0 Å². The summed E-state index contributed by atoms with van der Waals surface area (Å²) in [6.45, 7) is 2.83. The predicted molar refractivity (Wildman–Crippen MR) is 112 cm³/mol. The summed E-state index contributed by atoms with van der Waals surface area (Å²) >= 11 is 0. The van der Waals surface area contributed by atoms with Crippen LogP contribution in [0.1, 0.15) is 30.4 Å². The number of piperidine rings is 1. The van der Waals surface area contributed by atoms with E-state index < -0.39 is 0 Å². The minimum absolute atomic E-state index is 0.327. The minimum atomic E-state index is 0.327. The number of carbonyl (C=O) groups is 1.